The Balaban J connectivity index is 0.00000161. The molecule has 1 N–H and O–H groups in total. The van der Waals surface area contributed by atoms with Crippen molar-refractivity contribution >= 4 is 39.8 Å². The fraction of sp³-hybridized carbons (Fsp3) is 0.267. The lowest BCUT2D eigenvalue weighted by Gasteiger charge is -2.08. The third kappa shape index (κ3) is 3.49. The minimum Gasteiger partial charge on any atom is -0.365 e. The van der Waals surface area contributed by atoms with Crippen molar-refractivity contribution in [2.24, 2.45) is 0 Å². The number of anilines is 1. The molecule has 3 rings (SSSR count). The third-order valence-electron chi connectivity index (χ3n) is 3.06. The van der Waals surface area contributed by atoms with Crippen LogP contribution < -0.4 is 5.32 Å². The Kier molecular flexibility index (Phi) is 5.09. The van der Waals surface area contributed by atoms with Gasteiger partial charge in [-0.2, -0.15) is 0 Å². The van der Waals surface area contributed by atoms with Crippen LogP contribution in [-0.2, 0) is 13.0 Å². The monoisotopic (exact) mass is 320 g/mol. The Bertz CT molecular complexity index is 727. The van der Waals surface area contributed by atoms with Gasteiger partial charge in [-0.1, -0.05) is 13.0 Å². The summed E-state index contributed by atoms with van der Waals surface area (Å²) < 4.78 is 0. The van der Waals surface area contributed by atoms with Gasteiger partial charge in [0.2, 0.25) is 0 Å². The summed E-state index contributed by atoms with van der Waals surface area (Å²) >= 11 is 1.71. The highest BCUT2D eigenvalue weighted by atomic mass is 35.5. The van der Waals surface area contributed by atoms with Crippen molar-refractivity contribution in [3.63, 3.8) is 0 Å². The van der Waals surface area contributed by atoms with Gasteiger partial charge >= 0.3 is 0 Å². The smallest absolute Gasteiger partial charge is 0.138 e. The average Bonchev–Trinajstić information content (AvgIpc) is 2.86. The fourth-order valence-electron chi connectivity index (χ4n) is 2.07. The topological polar surface area (TPSA) is 50.7 Å². The lowest BCUT2D eigenvalue weighted by Crippen LogP contribution is -2.04. The summed E-state index contributed by atoms with van der Waals surface area (Å²) in [7, 11) is 0. The van der Waals surface area contributed by atoms with Crippen molar-refractivity contribution in [3.05, 3.63) is 46.9 Å². The van der Waals surface area contributed by atoms with E-state index < -0.39 is 0 Å². The molecule has 0 saturated heterocycles. The number of aromatic nitrogens is 3. The van der Waals surface area contributed by atoms with Gasteiger partial charge in [0.1, 0.15) is 16.5 Å². The largest absolute Gasteiger partial charge is 0.365 e. The first-order chi connectivity index (χ1) is 9.76. The van der Waals surface area contributed by atoms with Crippen molar-refractivity contribution in [2.75, 3.05) is 5.32 Å². The summed E-state index contributed by atoms with van der Waals surface area (Å²) in [5, 5.41) is 4.51. The second kappa shape index (κ2) is 6.83. The maximum atomic E-state index is 4.61. The van der Waals surface area contributed by atoms with Crippen LogP contribution in [0.4, 0.5) is 5.82 Å². The molecular formula is C15H17ClN4S. The Hall–Kier alpha value is -1.72. The molecule has 0 aromatic carbocycles. The van der Waals surface area contributed by atoms with E-state index in [2.05, 4.69) is 46.2 Å². The first-order valence-corrected chi connectivity index (χ1v) is 7.47. The van der Waals surface area contributed by atoms with Crippen molar-refractivity contribution in [1.82, 2.24) is 15.0 Å². The van der Waals surface area contributed by atoms with Crippen LogP contribution in [0.5, 0.6) is 0 Å². The van der Waals surface area contributed by atoms with Crippen LogP contribution in [0.25, 0.3) is 10.2 Å². The summed E-state index contributed by atoms with van der Waals surface area (Å²) in [4.78, 5) is 15.6. The number of hydrogen-bond donors (Lipinski definition) is 1. The Morgan fingerprint density at radius 3 is 2.86 bits per heavy atom. The molecule has 0 unspecified atom stereocenters. The molecule has 6 heteroatoms. The number of hydrogen-bond acceptors (Lipinski definition) is 5. The molecule has 0 spiro atoms. The van der Waals surface area contributed by atoms with E-state index in [-0.39, 0.29) is 12.4 Å². The Labute approximate surface area is 134 Å². The fourth-order valence-corrected chi connectivity index (χ4v) is 2.97. The number of nitrogens with zero attached hydrogens (tertiary/aromatic N) is 3. The molecule has 0 aliphatic rings. The van der Waals surface area contributed by atoms with E-state index in [0.29, 0.717) is 0 Å². The van der Waals surface area contributed by atoms with Gasteiger partial charge in [0.25, 0.3) is 0 Å². The van der Waals surface area contributed by atoms with E-state index in [4.69, 9.17) is 0 Å². The minimum absolute atomic E-state index is 0. The maximum Gasteiger partial charge on any atom is 0.138 e. The molecule has 0 amide bonds. The highest BCUT2D eigenvalue weighted by Crippen LogP contribution is 2.28. The molecule has 0 aliphatic heterocycles. The Morgan fingerprint density at radius 2 is 2.14 bits per heavy atom. The van der Waals surface area contributed by atoms with Crippen molar-refractivity contribution in [3.8, 4) is 0 Å². The van der Waals surface area contributed by atoms with Crippen LogP contribution in [-0.4, -0.2) is 15.0 Å². The second-order valence-corrected chi connectivity index (χ2v) is 5.87. The first kappa shape index (κ1) is 15.7. The summed E-state index contributed by atoms with van der Waals surface area (Å²) in [6.45, 7) is 4.90. The van der Waals surface area contributed by atoms with Crippen molar-refractivity contribution in [2.45, 2.75) is 26.8 Å². The van der Waals surface area contributed by atoms with E-state index >= 15 is 0 Å². The van der Waals surface area contributed by atoms with E-state index in [0.717, 1.165) is 40.4 Å². The molecule has 0 radical (unpaired) electrons. The summed E-state index contributed by atoms with van der Waals surface area (Å²) in [5.41, 5.74) is 1.14. The van der Waals surface area contributed by atoms with Crippen LogP contribution in [0.2, 0.25) is 0 Å². The quantitative estimate of drug-likeness (QED) is 0.789. The zero-order chi connectivity index (χ0) is 13.9. The summed E-state index contributed by atoms with van der Waals surface area (Å²) in [5.74, 6) is 1.80. The lowest BCUT2D eigenvalue weighted by molar-refractivity contribution is 0.956. The molecule has 0 aliphatic carbocycles. The molecule has 0 saturated carbocycles. The number of rotatable bonds is 4. The number of fused-ring (bicyclic) bond motifs is 1. The van der Waals surface area contributed by atoms with Crippen LogP contribution in [0.1, 0.15) is 23.2 Å². The highest BCUT2D eigenvalue weighted by Gasteiger charge is 2.09. The van der Waals surface area contributed by atoms with Crippen LogP contribution in [0.3, 0.4) is 0 Å². The number of pyridine rings is 1. The van der Waals surface area contributed by atoms with Gasteiger partial charge in [-0.05, 0) is 24.6 Å². The van der Waals surface area contributed by atoms with Gasteiger partial charge < -0.3 is 5.32 Å². The van der Waals surface area contributed by atoms with E-state index in [1.54, 1.807) is 17.5 Å². The van der Waals surface area contributed by atoms with Crippen molar-refractivity contribution in [1.29, 1.82) is 0 Å². The molecular weight excluding hydrogens is 304 g/mol. The summed E-state index contributed by atoms with van der Waals surface area (Å²) in [6.07, 6.45) is 4.49. The normalized spacial score (nSPS) is 10.4. The second-order valence-electron chi connectivity index (χ2n) is 4.63. The highest BCUT2D eigenvalue weighted by molar-refractivity contribution is 7.18. The van der Waals surface area contributed by atoms with E-state index in [1.165, 1.54) is 4.88 Å². The lowest BCUT2D eigenvalue weighted by atomic mass is 10.2. The van der Waals surface area contributed by atoms with Gasteiger partial charge in [0.05, 0.1) is 5.39 Å². The SMILES string of the molecule is CCc1nc(NCc2cccnc2)c2cc(C)sc2n1.Cl. The molecule has 110 valence electrons. The van der Waals surface area contributed by atoms with Crippen LogP contribution >= 0.6 is 23.7 Å². The number of thiophene rings is 1. The van der Waals surface area contributed by atoms with Gasteiger partial charge in [-0.25, -0.2) is 9.97 Å². The Morgan fingerprint density at radius 1 is 1.29 bits per heavy atom. The predicted octanol–water partition coefficient (Wildman–Crippen LogP) is 3.99. The number of halogens is 1. The van der Waals surface area contributed by atoms with Gasteiger partial charge in [0, 0.05) is 30.2 Å². The van der Waals surface area contributed by atoms with Gasteiger partial charge in [0.15, 0.2) is 0 Å². The maximum absolute atomic E-state index is 4.61. The van der Waals surface area contributed by atoms with E-state index in [1.807, 2.05) is 12.3 Å². The molecule has 3 aromatic heterocycles. The molecule has 4 nitrogen and oxygen atoms in total. The molecule has 0 fully saturated rings. The standard InChI is InChI=1S/C15H16N4S.ClH/c1-3-13-18-14(12-7-10(2)20-15(12)19-13)17-9-11-5-4-6-16-8-11;/h4-8H,3,9H2,1-2H3,(H,17,18,19);1H. The van der Waals surface area contributed by atoms with E-state index in [9.17, 15) is 0 Å². The molecule has 3 heterocycles. The van der Waals surface area contributed by atoms with Crippen molar-refractivity contribution < 1.29 is 0 Å². The first-order valence-electron chi connectivity index (χ1n) is 6.66. The molecule has 0 atom stereocenters. The number of nitrogens with one attached hydrogen (secondary N) is 1. The third-order valence-corrected chi connectivity index (χ3v) is 4.01. The zero-order valence-electron chi connectivity index (χ0n) is 12.0. The molecule has 21 heavy (non-hydrogen) atoms. The molecule has 3 aromatic rings. The number of aryl methyl sites for hydroxylation is 2. The van der Waals surface area contributed by atoms with Gasteiger partial charge in [-0.15, -0.1) is 23.7 Å². The average molecular weight is 321 g/mol. The van der Waals surface area contributed by atoms with Crippen LogP contribution in [0.15, 0.2) is 30.6 Å². The zero-order valence-corrected chi connectivity index (χ0v) is 13.6. The molecule has 0 bridgehead atoms. The minimum atomic E-state index is 0. The summed E-state index contributed by atoms with van der Waals surface area (Å²) in [6, 6.07) is 6.14. The van der Waals surface area contributed by atoms with Crippen LogP contribution in [0, 0.1) is 6.92 Å². The predicted molar refractivity (Wildman–Crippen MR) is 90.3 cm³/mol. The van der Waals surface area contributed by atoms with Gasteiger partial charge in [-0.3, -0.25) is 4.98 Å².